The number of halogens is 3. The molecule has 1 rings (SSSR count). The quantitative estimate of drug-likeness (QED) is 0.762. The van der Waals surface area contributed by atoms with Crippen LogP contribution in [0, 0.1) is 11.6 Å². The summed E-state index contributed by atoms with van der Waals surface area (Å²) in [7, 11) is 1.33. The zero-order valence-electron chi connectivity index (χ0n) is 7.98. The summed E-state index contributed by atoms with van der Waals surface area (Å²) in [6, 6.07) is 2.65. The Morgan fingerprint density at radius 1 is 1.43 bits per heavy atom. The molecule has 0 bridgehead atoms. The average molecular weight is 265 g/mol. The Kier molecular flexibility index (Phi) is 3.86. The normalized spacial score (nSPS) is 12.6. The molecule has 1 atom stereocenters. The zero-order chi connectivity index (χ0) is 10.7. The van der Waals surface area contributed by atoms with Crippen molar-refractivity contribution in [2.24, 2.45) is 0 Å². The van der Waals surface area contributed by atoms with Gasteiger partial charge in [0.15, 0.2) is 11.6 Å². The first kappa shape index (κ1) is 11.4. The first-order valence-electron chi connectivity index (χ1n) is 4.21. The third kappa shape index (κ3) is 2.44. The van der Waals surface area contributed by atoms with E-state index in [0.29, 0.717) is 12.0 Å². The molecule has 78 valence electrons. The van der Waals surface area contributed by atoms with Crippen molar-refractivity contribution in [3.8, 4) is 5.75 Å². The highest BCUT2D eigenvalue weighted by Gasteiger charge is 2.14. The van der Waals surface area contributed by atoms with Crippen LogP contribution in [0.25, 0.3) is 0 Å². The van der Waals surface area contributed by atoms with E-state index < -0.39 is 11.6 Å². The van der Waals surface area contributed by atoms with Crippen molar-refractivity contribution in [1.82, 2.24) is 0 Å². The number of methoxy groups -OCH3 is 1. The Morgan fingerprint density at radius 3 is 2.57 bits per heavy atom. The van der Waals surface area contributed by atoms with Crippen molar-refractivity contribution in [3.63, 3.8) is 0 Å². The molecule has 0 radical (unpaired) electrons. The van der Waals surface area contributed by atoms with Crippen LogP contribution in [-0.4, -0.2) is 11.9 Å². The predicted molar refractivity (Wildman–Crippen MR) is 55.0 cm³/mol. The molecule has 14 heavy (non-hydrogen) atoms. The van der Waals surface area contributed by atoms with Crippen molar-refractivity contribution in [1.29, 1.82) is 0 Å². The van der Waals surface area contributed by atoms with Crippen molar-refractivity contribution in [2.75, 3.05) is 7.11 Å². The first-order chi connectivity index (χ1) is 6.56. The number of alkyl halides is 1. The van der Waals surface area contributed by atoms with E-state index in [0.717, 1.165) is 6.07 Å². The fraction of sp³-hybridized carbons (Fsp3) is 0.400. The molecule has 0 fully saturated rings. The Morgan fingerprint density at radius 2 is 2.07 bits per heavy atom. The Labute approximate surface area is 90.2 Å². The highest BCUT2D eigenvalue weighted by atomic mass is 79.9. The standard InChI is InChI=1S/C10H11BrF2O/c1-6(11)5-7-3-4-8(12)9(13)10(7)14-2/h3-4,6H,5H2,1-2H3. The molecule has 4 heteroatoms. The van der Waals surface area contributed by atoms with Gasteiger partial charge in [-0.05, 0) is 18.1 Å². The summed E-state index contributed by atoms with van der Waals surface area (Å²) in [6.45, 7) is 1.93. The van der Waals surface area contributed by atoms with Gasteiger partial charge in [0.1, 0.15) is 0 Å². The summed E-state index contributed by atoms with van der Waals surface area (Å²) >= 11 is 3.35. The molecule has 0 aromatic heterocycles. The van der Waals surface area contributed by atoms with Gasteiger partial charge in [-0.1, -0.05) is 28.9 Å². The minimum atomic E-state index is -0.918. The van der Waals surface area contributed by atoms with E-state index in [9.17, 15) is 8.78 Å². The third-order valence-electron chi connectivity index (χ3n) is 1.84. The molecular formula is C10H11BrF2O. The van der Waals surface area contributed by atoms with Crippen molar-refractivity contribution in [3.05, 3.63) is 29.3 Å². The maximum absolute atomic E-state index is 13.2. The summed E-state index contributed by atoms with van der Waals surface area (Å²) in [5, 5.41) is 0. The molecule has 0 saturated carbocycles. The third-order valence-corrected chi connectivity index (χ3v) is 2.16. The highest BCUT2D eigenvalue weighted by Crippen LogP contribution is 2.26. The zero-order valence-corrected chi connectivity index (χ0v) is 9.57. The molecule has 0 amide bonds. The van der Waals surface area contributed by atoms with Crippen molar-refractivity contribution >= 4 is 15.9 Å². The number of benzene rings is 1. The lowest BCUT2D eigenvalue weighted by Crippen LogP contribution is -2.02. The largest absolute Gasteiger partial charge is 0.493 e. The van der Waals surface area contributed by atoms with Crippen LogP contribution >= 0.6 is 15.9 Å². The molecular weight excluding hydrogens is 254 g/mol. The van der Waals surface area contributed by atoms with Gasteiger partial charge >= 0.3 is 0 Å². The minimum absolute atomic E-state index is 0.00343. The van der Waals surface area contributed by atoms with Gasteiger partial charge in [0.25, 0.3) is 0 Å². The lowest BCUT2D eigenvalue weighted by atomic mass is 10.1. The average Bonchev–Trinajstić information content (AvgIpc) is 2.11. The minimum Gasteiger partial charge on any atom is -0.493 e. The van der Waals surface area contributed by atoms with Crippen LogP contribution in [0.1, 0.15) is 12.5 Å². The molecule has 1 nitrogen and oxygen atoms in total. The first-order valence-corrected chi connectivity index (χ1v) is 5.12. The van der Waals surface area contributed by atoms with Crippen LogP contribution in [0.2, 0.25) is 0 Å². The van der Waals surface area contributed by atoms with E-state index in [1.54, 1.807) is 0 Å². The Balaban J connectivity index is 3.10. The van der Waals surface area contributed by atoms with Gasteiger partial charge in [-0.25, -0.2) is 4.39 Å². The molecule has 1 aromatic carbocycles. The monoisotopic (exact) mass is 264 g/mol. The molecule has 0 heterocycles. The molecule has 0 N–H and O–H groups in total. The molecule has 1 aromatic rings. The van der Waals surface area contributed by atoms with E-state index in [4.69, 9.17) is 4.74 Å². The number of rotatable bonds is 3. The van der Waals surface area contributed by atoms with Crippen LogP contribution < -0.4 is 4.74 Å². The number of hydrogen-bond acceptors (Lipinski definition) is 1. The van der Waals surface area contributed by atoms with Gasteiger partial charge in [-0.15, -0.1) is 0 Å². The second-order valence-corrected chi connectivity index (χ2v) is 4.60. The van der Waals surface area contributed by atoms with E-state index in [2.05, 4.69) is 15.9 Å². The molecule has 0 aliphatic carbocycles. The lowest BCUT2D eigenvalue weighted by molar-refractivity contribution is 0.367. The van der Waals surface area contributed by atoms with Crippen molar-refractivity contribution in [2.45, 2.75) is 18.2 Å². The molecule has 0 saturated heterocycles. The van der Waals surface area contributed by atoms with Gasteiger partial charge in [-0.2, -0.15) is 4.39 Å². The maximum atomic E-state index is 13.2. The molecule has 0 spiro atoms. The molecule has 0 aliphatic heterocycles. The SMILES string of the molecule is COc1c(CC(C)Br)ccc(F)c1F. The fourth-order valence-electron chi connectivity index (χ4n) is 1.26. The second kappa shape index (κ2) is 4.73. The van der Waals surface area contributed by atoms with Gasteiger partial charge in [0.2, 0.25) is 5.82 Å². The predicted octanol–water partition coefficient (Wildman–Crippen LogP) is 3.30. The van der Waals surface area contributed by atoms with Crippen LogP contribution in [0.3, 0.4) is 0 Å². The second-order valence-electron chi connectivity index (χ2n) is 3.04. The maximum Gasteiger partial charge on any atom is 0.200 e. The number of ether oxygens (including phenoxy) is 1. The topological polar surface area (TPSA) is 9.23 Å². The summed E-state index contributed by atoms with van der Waals surface area (Å²) < 4.78 is 30.8. The number of hydrogen-bond donors (Lipinski definition) is 0. The molecule has 0 aliphatic rings. The van der Waals surface area contributed by atoms with Gasteiger partial charge in [-0.3, -0.25) is 0 Å². The van der Waals surface area contributed by atoms with Crippen LogP contribution in [0.4, 0.5) is 8.78 Å². The van der Waals surface area contributed by atoms with E-state index in [1.165, 1.54) is 13.2 Å². The Bertz CT molecular complexity index is 326. The summed E-state index contributed by atoms with van der Waals surface area (Å²) in [4.78, 5) is 0.196. The van der Waals surface area contributed by atoms with Crippen LogP contribution in [0.5, 0.6) is 5.75 Å². The van der Waals surface area contributed by atoms with Gasteiger partial charge < -0.3 is 4.74 Å². The van der Waals surface area contributed by atoms with Crippen molar-refractivity contribution < 1.29 is 13.5 Å². The summed E-state index contributed by atoms with van der Waals surface area (Å²) in [6.07, 6.45) is 0.598. The van der Waals surface area contributed by atoms with Gasteiger partial charge in [0, 0.05) is 4.83 Å². The van der Waals surface area contributed by atoms with E-state index >= 15 is 0 Å². The fourth-order valence-corrected chi connectivity index (χ4v) is 1.61. The summed E-state index contributed by atoms with van der Waals surface area (Å²) in [5.74, 6) is -1.80. The molecule has 1 unspecified atom stereocenters. The lowest BCUT2D eigenvalue weighted by Gasteiger charge is -2.10. The summed E-state index contributed by atoms with van der Waals surface area (Å²) in [5.41, 5.74) is 0.663. The van der Waals surface area contributed by atoms with Crippen LogP contribution in [-0.2, 0) is 6.42 Å². The van der Waals surface area contributed by atoms with E-state index in [1.807, 2.05) is 6.92 Å². The van der Waals surface area contributed by atoms with Crippen LogP contribution in [0.15, 0.2) is 12.1 Å². The Hall–Kier alpha value is -0.640. The smallest absolute Gasteiger partial charge is 0.200 e. The van der Waals surface area contributed by atoms with E-state index in [-0.39, 0.29) is 10.6 Å². The van der Waals surface area contributed by atoms with Gasteiger partial charge in [0.05, 0.1) is 7.11 Å². The highest BCUT2D eigenvalue weighted by molar-refractivity contribution is 9.09.